The Kier molecular flexibility index (Phi) is 5.45. The summed E-state index contributed by atoms with van der Waals surface area (Å²) in [6.07, 6.45) is 2.35. The van der Waals surface area contributed by atoms with E-state index < -0.39 is 10.0 Å². The van der Waals surface area contributed by atoms with Crippen LogP contribution in [0.2, 0.25) is 0 Å². The molecule has 2 heterocycles. The number of aromatic nitrogens is 2. The minimum atomic E-state index is -3.52. The molecule has 3 rings (SSSR count). The Balaban J connectivity index is 1.78. The largest absolute Gasteiger partial charge is 0.425 e. The van der Waals surface area contributed by atoms with Crippen LogP contribution in [0.4, 0.5) is 0 Å². The van der Waals surface area contributed by atoms with Crippen molar-refractivity contribution in [3.8, 4) is 0 Å². The van der Waals surface area contributed by atoms with Gasteiger partial charge in [-0.25, -0.2) is 8.42 Å². The van der Waals surface area contributed by atoms with E-state index in [9.17, 15) is 8.42 Å². The van der Waals surface area contributed by atoms with Crippen LogP contribution in [0.15, 0.2) is 27.5 Å². The van der Waals surface area contributed by atoms with E-state index in [0.717, 1.165) is 24.0 Å². The summed E-state index contributed by atoms with van der Waals surface area (Å²) in [6, 6.07) is 5.30. The normalized spacial score (nSPS) is 19.4. The standard InChI is InChI=1S/C20H29N3O3S/c1-14-8-9-17(11-15(14)2)27(24,25)23-10-6-7-16(13-23)19-22-21-18(26-19)12-20(3,4)5/h8-9,11,16H,6-7,10,12-13H2,1-5H3. The number of sulfonamides is 1. The Morgan fingerprint density at radius 2 is 1.93 bits per heavy atom. The molecule has 0 amide bonds. The predicted molar refractivity (Wildman–Crippen MR) is 104 cm³/mol. The van der Waals surface area contributed by atoms with Crippen LogP contribution in [0.5, 0.6) is 0 Å². The van der Waals surface area contributed by atoms with Gasteiger partial charge in [-0.1, -0.05) is 26.8 Å². The summed E-state index contributed by atoms with van der Waals surface area (Å²) in [4.78, 5) is 0.352. The highest BCUT2D eigenvalue weighted by molar-refractivity contribution is 7.89. The van der Waals surface area contributed by atoms with Crippen LogP contribution >= 0.6 is 0 Å². The fourth-order valence-corrected chi connectivity index (χ4v) is 4.95. The molecule has 27 heavy (non-hydrogen) atoms. The van der Waals surface area contributed by atoms with Crippen molar-refractivity contribution < 1.29 is 12.8 Å². The molecule has 1 fully saturated rings. The van der Waals surface area contributed by atoms with E-state index in [4.69, 9.17) is 4.42 Å². The lowest BCUT2D eigenvalue weighted by Crippen LogP contribution is -2.39. The summed E-state index contributed by atoms with van der Waals surface area (Å²) < 4.78 is 33.6. The third-order valence-corrected chi connectivity index (χ3v) is 6.87. The maximum atomic E-state index is 13.1. The van der Waals surface area contributed by atoms with Crippen molar-refractivity contribution in [2.45, 2.75) is 64.7 Å². The minimum Gasteiger partial charge on any atom is -0.425 e. The number of benzene rings is 1. The van der Waals surface area contributed by atoms with Crippen LogP contribution in [0.3, 0.4) is 0 Å². The van der Waals surface area contributed by atoms with Gasteiger partial charge in [0.1, 0.15) is 0 Å². The summed E-state index contributed by atoms with van der Waals surface area (Å²) in [6.45, 7) is 11.2. The molecule has 6 nitrogen and oxygen atoms in total. The molecule has 0 N–H and O–H groups in total. The van der Waals surface area contributed by atoms with Gasteiger partial charge in [0.15, 0.2) is 0 Å². The molecule has 148 valence electrons. The molecule has 1 aromatic heterocycles. The molecule has 2 aromatic rings. The SMILES string of the molecule is Cc1ccc(S(=O)(=O)N2CCCC(c3nnc(CC(C)(C)C)o3)C2)cc1C. The Labute approximate surface area is 162 Å². The highest BCUT2D eigenvalue weighted by Gasteiger charge is 2.33. The fraction of sp³-hybridized carbons (Fsp3) is 0.600. The van der Waals surface area contributed by atoms with Gasteiger partial charge in [-0.3, -0.25) is 0 Å². The quantitative estimate of drug-likeness (QED) is 0.791. The first-order chi connectivity index (χ1) is 12.6. The third-order valence-electron chi connectivity index (χ3n) is 5.01. The molecular weight excluding hydrogens is 362 g/mol. The lowest BCUT2D eigenvalue weighted by molar-refractivity contribution is 0.274. The van der Waals surface area contributed by atoms with Gasteiger partial charge in [0, 0.05) is 19.5 Å². The van der Waals surface area contributed by atoms with Crippen molar-refractivity contribution in [1.29, 1.82) is 0 Å². The van der Waals surface area contributed by atoms with Crippen molar-refractivity contribution in [2.24, 2.45) is 5.41 Å². The average molecular weight is 392 g/mol. The Bertz CT molecular complexity index is 913. The van der Waals surface area contributed by atoms with Gasteiger partial charge in [-0.05, 0) is 55.4 Å². The fourth-order valence-electron chi connectivity index (χ4n) is 3.34. The molecule has 1 aliphatic rings. The first-order valence-corrected chi connectivity index (χ1v) is 10.9. The minimum absolute atomic E-state index is 0.0544. The van der Waals surface area contributed by atoms with E-state index in [0.29, 0.717) is 36.2 Å². The average Bonchev–Trinajstić information content (AvgIpc) is 3.04. The van der Waals surface area contributed by atoms with Crippen LogP contribution in [0, 0.1) is 19.3 Å². The molecular formula is C20H29N3O3S. The van der Waals surface area contributed by atoms with Crippen molar-refractivity contribution in [3.05, 3.63) is 41.1 Å². The zero-order valence-electron chi connectivity index (χ0n) is 16.8. The van der Waals surface area contributed by atoms with Crippen molar-refractivity contribution in [1.82, 2.24) is 14.5 Å². The van der Waals surface area contributed by atoms with E-state index in [-0.39, 0.29) is 11.3 Å². The monoisotopic (exact) mass is 391 g/mol. The van der Waals surface area contributed by atoms with Crippen molar-refractivity contribution in [3.63, 3.8) is 0 Å². The van der Waals surface area contributed by atoms with E-state index in [2.05, 4.69) is 31.0 Å². The zero-order chi connectivity index (χ0) is 19.8. The first kappa shape index (κ1) is 20.0. The Hall–Kier alpha value is -1.73. The van der Waals surface area contributed by atoms with E-state index in [1.165, 1.54) is 0 Å². The van der Waals surface area contributed by atoms with Crippen molar-refractivity contribution in [2.75, 3.05) is 13.1 Å². The molecule has 0 bridgehead atoms. The zero-order valence-corrected chi connectivity index (χ0v) is 17.6. The molecule has 1 unspecified atom stereocenters. The molecule has 0 aliphatic carbocycles. The maximum Gasteiger partial charge on any atom is 0.243 e. The van der Waals surface area contributed by atoms with Gasteiger partial charge in [0.2, 0.25) is 21.8 Å². The van der Waals surface area contributed by atoms with E-state index >= 15 is 0 Å². The van der Waals surface area contributed by atoms with Crippen LogP contribution in [0.25, 0.3) is 0 Å². The number of rotatable bonds is 4. The van der Waals surface area contributed by atoms with Gasteiger partial charge in [0.25, 0.3) is 0 Å². The van der Waals surface area contributed by atoms with Crippen molar-refractivity contribution >= 4 is 10.0 Å². The molecule has 7 heteroatoms. The molecule has 1 atom stereocenters. The number of aryl methyl sites for hydroxylation is 2. The lowest BCUT2D eigenvalue weighted by Gasteiger charge is -2.30. The summed E-state index contributed by atoms with van der Waals surface area (Å²) >= 11 is 0. The third kappa shape index (κ3) is 4.58. The molecule has 1 aromatic carbocycles. The number of piperidine rings is 1. The summed E-state index contributed by atoms with van der Waals surface area (Å²) in [5, 5.41) is 8.36. The Morgan fingerprint density at radius 1 is 1.19 bits per heavy atom. The molecule has 1 saturated heterocycles. The second-order valence-corrected chi connectivity index (χ2v) is 10.7. The highest BCUT2D eigenvalue weighted by Crippen LogP contribution is 2.31. The number of hydrogen-bond donors (Lipinski definition) is 0. The van der Waals surface area contributed by atoms with Crippen LogP contribution in [0.1, 0.15) is 62.4 Å². The molecule has 0 spiro atoms. The summed E-state index contributed by atoms with van der Waals surface area (Å²) in [5.41, 5.74) is 2.13. The smallest absolute Gasteiger partial charge is 0.243 e. The van der Waals surface area contributed by atoms with Gasteiger partial charge < -0.3 is 4.42 Å². The lowest BCUT2D eigenvalue weighted by atomic mass is 9.92. The maximum absolute atomic E-state index is 13.1. The van der Waals surface area contributed by atoms with Gasteiger partial charge in [-0.15, -0.1) is 10.2 Å². The van der Waals surface area contributed by atoms with E-state index in [1.54, 1.807) is 16.4 Å². The second kappa shape index (κ2) is 7.36. The summed E-state index contributed by atoms with van der Waals surface area (Å²) in [5.74, 6) is 1.11. The van der Waals surface area contributed by atoms with Gasteiger partial charge >= 0.3 is 0 Å². The predicted octanol–water partition coefficient (Wildman–Crippen LogP) is 3.84. The first-order valence-electron chi connectivity index (χ1n) is 9.46. The molecule has 0 saturated carbocycles. The number of nitrogens with zero attached hydrogens (tertiary/aromatic N) is 3. The molecule has 0 radical (unpaired) electrons. The molecule has 1 aliphatic heterocycles. The van der Waals surface area contributed by atoms with Gasteiger partial charge in [0.05, 0.1) is 10.8 Å². The van der Waals surface area contributed by atoms with Crippen LogP contribution < -0.4 is 0 Å². The topological polar surface area (TPSA) is 76.3 Å². The van der Waals surface area contributed by atoms with Gasteiger partial charge in [-0.2, -0.15) is 4.31 Å². The summed E-state index contributed by atoms with van der Waals surface area (Å²) in [7, 11) is -3.52. The highest BCUT2D eigenvalue weighted by atomic mass is 32.2. The van der Waals surface area contributed by atoms with Crippen LogP contribution in [-0.4, -0.2) is 36.0 Å². The Morgan fingerprint density at radius 3 is 2.59 bits per heavy atom. The second-order valence-electron chi connectivity index (χ2n) is 8.72. The number of hydrogen-bond acceptors (Lipinski definition) is 5. The van der Waals surface area contributed by atoms with E-state index in [1.807, 2.05) is 19.9 Å². The van der Waals surface area contributed by atoms with Crippen LogP contribution in [-0.2, 0) is 16.4 Å².